The van der Waals surface area contributed by atoms with Crippen LogP contribution >= 0.6 is 0 Å². The summed E-state index contributed by atoms with van der Waals surface area (Å²) in [6, 6.07) is 13.3. The fourth-order valence-electron chi connectivity index (χ4n) is 2.56. The molecule has 0 aliphatic rings. The zero-order valence-corrected chi connectivity index (χ0v) is 12.7. The van der Waals surface area contributed by atoms with E-state index in [0.29, 0.717) is 6.04 Å². The first-order chi connectivity index (χ1) is 9.78. The van der Waals surface area contributed by atoms with Gasteiger partial charge in [0.1, 0.15) is 0 Å². The number of nitrogens with one attached hydrogen (secondary N) is 1. The number of aromatic nitrogens is 1. The fourth-order valence-corrected chi connectivity index (χ4v) is 2.56. The molecule has 106 valence electrons. The maximum absolute atomic E-state index is 4.58. The van der Waals surface area contributed by atoms with Crippen molar-refractivity contribution in [2.75, 3.05) is 7.05 Å². The van der Waals surface area contributed by atoms with Gasteiger partial charge < -0.3 is 5.32 Å². The summed E-state index contributed by atoms with van der Waals surface area (Å²) >= 11 is 0. The predicted molar refractivity (Wildman–Crippen MR) is 84.9 cm³/mol. The second-order valence-corrected chi connectivity index (χ2v) is 5.11. The first-order valence-electron chi connectivity index (χ1n) is 7.47. The molecule has 1 aromatic heterocycles. The molecule has 1 aromatic carbocycles. The van der Waals surface area contributed by atoms with Gasteiger partial charge in [0.05, 0.1) is 0 Å². The lowest BCUT2D eigenvalue weighted by Gasteiger charge is -2.19. The smallest absolute Gasteiger partial charge is 0.0422 e. The van der Waals surface area contributed by atoms with Gasteiger partial charge in [-0.2, -0.15) is 0 Å². The van der Waals surface area contributed by atoms with Crippen LogP contribution in [0, 0.1) is 0 Å². The van der Waals surface area contributed by atoms with E-state index in [0.717, 1.165) is 25.0 Å². The number of pyridine rings is 1. The lowest BCUT2D eigenvalue weighted by Crippen LogP contribution is -2.20. The summed E-state index contributed by atoms with van der Waals surface area (Å²) in [4.78, 5) is 4.58. The molecule has 1 atom stereocenters. The first kappa shape index (κ1) is 14.7. The summed E-state index contributed by atoms with van der Waals surface area (Å²) in [7, 11) is 2.03. The van der Waals surface area contributed by atoms with E-state index in [9.17, 15) is 0 Å². The van der Waals surface area contributed by atoms with Crippen LogP contribution in [0.25, 0.3) is 0 Å². The van der Waals surface area contributed by atoms with E-state index in [1.54, 1.807) is 0 Å². The highest BCUT2D eigenvalue weighted by molar-refractivity contribution is 5.31. The normalized spacial score (nSPS) is 12.3. The van der Waals surface area contributed by atoms with Crippen LogP contribution in [0.1, 0.15) is 42.3 Å². The highest BCUT2D eigenvalue weighted by Gasteiger charge is 2.13. The SMILES string of the molecule is CCc1ccc(CC(NC)c2ccccc2CC)nc1. The van der Waals surface area contributed by atoms with Crippen molar-refractivity contribution in [2.45, 2.75) is 39.2 Å². The van der Waals surface area contributed by atoms with Crippen molar-refractivity contribution in [3.8, 4) is 0 Å². The molecule has 0 aliphatic carbocycles. The Hall–Kier alpha value is -1.67. The minimum absolute atomic E-state index is 0.325. The lowest BCUT2D eigenvalue weighted by atomic mass is 9.95. The van der Waals surface area contributed by atoms with Gasteiger partial charge in [-0.3, -0.25) is 4.98 Å². The molecule has 2 aromatic rings. The van der Waals surface area contributed by atoms with E-state index < -0.39 is 0 Å². The van der Waals surface area contributed by atoms with Gasteiger partial charge in [-0.1, -0.05) is 44.2 Å². The Morgan fingerprint density at radius 2 is 1.85 bits per heavy atom. The van der Waals surface area contributed by atoms with E-state index in [1.807, 2.05) is 13.2 Å². The van der Waals surface area contributed by atoms with E-state index in [2.05, 4.69) is 60.5 Å². The molecule has 0 aliphatic heterocycles. The van der Waals surface area contributed by atoms with E-state index in [-0.39, 0.29) is 0 Å². The van der Waals surface area contributed by atoms with Gasteiger partial charge in [0.2, 0.25) is 0 Å². The Bertz CT molecular complexity index is 531. The maximum Gasteiger partial charge on any atom is 0.0422 e. The third kappa shape index (κ3) is 3.45. The second kappa shape index (κ2) is 7.20. The van der Waals surface area contributed by atoms with E-state index >= 15 is 0 Å². The minimum Gasteiger partial charge on any atom is -0.313 e. The zero-order valence-electron chi connectivity index (χ0n) is 12.7. The van der Waals surface area contributed by atoms with Crippen LogP contribution in [-0.4, -0.2) is 12.0 Å². The van der Waals surface area contributed by atoms with Crippen LogP contribution in [0.3, 0.4) is 0 Å². The Morgan fingerprint density at radius 1 is 1.05 bits per heavy atom. The maximum atomic E-state index is 4.58. The summed E-state index contributed by atoms with van der Waals surface area (Å²) in [6.45, 7) is 4.37. The Kier molecular flexibility index (Phi) is 5.31. The summed E-state index contributed by atoms with van der Waals surface area (Å²) < 4.78 is 0. The fraction of sp³-hybridized carbons (Fsp3) is 0.389. The average molecular weight is 268 g/mol. The van der Waals surface area contributed by atoms with Crippen molar-refractivity contribution in [3.05, 3.63) is 65.0 Å². The molecule has 2 heteroatoms. The molecular weight excluding hydrogens is 244 g/mol. The zero-order chi connectivity index (χ0) is 14.4. The Labute approximate surface area is 122 Å². The Morgan fingerprint density at radius 3 is 2.45 bits per heavy atom. The lowest BCUT2D eigenvalue weighted by molar-refractivity contribution is 0.579. The molecule has 0 saturated carbocycles. The average Bonchev–Trinajstić information content (AvgIpc) is 2.53. The summed E-state index contributed by atoms with van der Waals surface area (Å²) in [5, 5.41) is 3.43. The number of rotatable bonds is 6. The second-order valence-electron chi connectivity index (χ2n) is 5.11. The number of nitrogens with zero attached hydrogens (tertiary/aromatic N) is 1. The molecule has 2 rings (SSSR count). The molecule has 0 saturated heterocycles. The molecule has 0 fully saturated rings. The van der Waals surface area contributed by atoms with Crippen LogP contribution in [-0.2, 0) is 19.3 Å². The van der Waals surface area contributed by atoms with Crippen LogP contribution in [0.4, 0.5) is 0 Å². The standard InChI is InChI=1S/C18H24N2/c1-4-14-10-11-16(20-13-14)12-18(19-3)17-9-7-6-8-15(17)5-2/h6-11,13,18-19H,4-5,12H2,1-3H3. The van der Waals surface area contributed by atoms with Crippen molar-refractivity contribution < 1.29 is 0 Å². The van der Waals surface area contributed by atoms with Gasteiger partial charge in [0, 0.05) is 24.4 Å². The molecule has 0 spiro atoms. The highest BCUT2D eigenvalue weighted by Crippen LogP contribution is 2.21. The molecule has 0 amide bonds. The number of hydrogen-bond acceptors (Lipinski definition) is 2. The van der Waals surface area contributed by atoms with Crippen LogP contribution < -0.4 is 5.32 Å². The molecule has 20 heavy (non-hydrogen) atoms. The number of aryl methyl sites for hydroxylation is 2. The minimum atomic E-state index is 0.325. The largest absolute Gasteiger partial charge is 0.313 e. The third-order valence-corrected chi connectivity index (χ3v) is 3.87. The predicted octanol–water partition coefficient (Wildman–Crippen LogP) is 3.71. The molecule has 2 nitrogen and oxygen atoms in total. The number of hydrogen-bond donors (Lipinski definition) is 1. The van der Waals surface area contributed by atoms with Gasteiger partial charge >= 0.3 is 0 Å². The van der Waals surface area contributed by atoms with Crippen molar-refractivity contribution in [3.63, 3.8) is 0 Å². The highest BCUT2D eigenvalue weighted by atomic mass is 14.9. The van der Waals surface area contributed by atoms with Gasteiger partial charge in [-0.05, 0) is 42.6 Å². The van der Waals surface area contributed by atoms with Gasteiger partial charge in [-0.25, -0.2) is 0 Å². The van der Waals surface area contributed by atoms with Crippen molar-refractivity contribution in [1.29, 1.82) is 0 Å². The summed E-state index contributed by atoms with van der Waals surface area (Å²) in [5.74, 6) is 0. The molecule has 1 unspecified atom stereocenters. The first-order valence-corrected chi connectivity index (χ1v) is 7.47. The van der Waals surface area contributed by atoms with Crippen LogP contribution in [0.5, 0.6) is 0 Å². The van der Waals surface area contributed by atoms with Gasteiger partial charge in [-0.15, -0.1) is 0 Å². The number of benzene rings is 1. The molecule has 1 heterocycles. The molecular formula is C18H24N2. The third-order valence-electron chi connectivity index (χ3n) is 3.87. The Balaban J connectivity index is 2.19. The van der Waals surface area contributed by atoms with E-state index in [4.69, 9.17) is 0 Å². The quantitative estimate of drug-likeness (QED) is 0.864. The number of likely N-dealkylation sites (N-methyl/N-ethyl adjacent to an activating group) is 1. The summed E-state index contributed by atoms with van der Waals surface area (Å²) in [6.07, 6.45) is 5.03. The molecule has 0 bridgehead atoms. The monoisotopic (exact) mass is 268 g/mol. The van der Waals surface area contributed by atoms with Crippen molar-refractivity contribution in [1.82, 2.24) is 10.3 Å². The molecule has 0 radical (unpaired) electrons. The molecule has 1 N–H and O–H groups in total. The summed E-state index contributed by atoms with van der Waals surface area (Å²) in [5.41, 5.74) is 5.24. The topological polar surface area (TPSA) is 24.9 Å². The van der Waals surface area contributed by atoms with Crippen LogP contribution in [0.2, 0.25) is 0 Å². The van der Waals surface area contributed by atoms with Crippen molar-refractivity contribution >= 4 is 0 Å². The van der Waals surface area contributed by atoms with Crippen molar-refractivity contribution in [2.24, 2.45) is 0 Å². The van der Waals surface area contributed by atoms with Gasteiger partial charge in [0.15, 0.2) is 0 Å². The van der Waals surface area contributed by atoms with Crippen LogP contribution in [0.15, 0.2) is 42.6 Å². The van der Waals surface area contributed by atoms with Gasteiger partial charge in [0.25, 0.3) is 0 Å². The van der Waals surface area contributed by atoms with E-state index in [1.165, 1.54) is 16.7 Å².